The average Bonchev–Trinajstić information content (AvgIpc) is 2.70. The van der Waals surface area contributed by atoms with E-state index in [-0.39, 0.29) is 0 Å². The zero-order chi connectivity index (χ0) is 12.5. The van der Waals surface area contributed by atoms with Crippen LogP contribution in [-0.4, -0.2) is 24.5 Å². The summed E-state index contributed by atoms with van der Waals surface area (Å²) in [6.07, 6.45) is 5.70. The van der Waals surface area contributed by atoms with E-state index in [4.69, 9.17) is 11.6 Å². The summed E-state index contributed by atoms with van der Waals surface area (Å²) in [7, 11) is 1.93. The van der Waals surface area contributed by atoms with Crippen molar-refractivity contribution in [1.29, 1.82) is 0 Å². The van der Waals surface area contributed by atoms with E-state index in [1.165, 1.54) is 6.33 Å². The van der Waals surface area contributed by atoms with Crippen molar-refractivity contribution in [2.45, 2.75) is 6.42 Å². The molecule has 0 aliphatic carbocycles. The third-order valence-corrected chi connectivity index (χ3v) is 3.09. The molecule has 3 heterocycles. The summed E-state index contributed by atoms with van der Waals surface area (Å²) in [5, 5.41) is 0.386. The van der Waals surface area contributed by atoms with Crippen LogP contribution < -0.4 is 0 Å². The van der Waals surface area contributed by atoms with Crippen molar-refractivity contribution in [3.63, 3.8) is 0 Å². The number of aryl methyl sites for hydroxylation is 1. The van der Waals surface area contributed by atoms with Crippen molar-refractivity contribution in [1.82, 2.24) is 24.5 Å². The summed E-state index contributed by atoms with van der Waals surface area (Å²) in [5.74, 6) is 0.901. The van der Waals surface area contributed by atoms with Crippen LogP contribution in [0.25, 0.3) is 11.2 Å². The van der Waals surface area contributed by atoms with Gasteiger partial charge in [0.1, 0.15) is 17.7 Å². The first-order chi connectivity index (χ1) is 8.75. The largest absolute Gasteiger partial charge is 0.315 e. The minimum Gasteiger partial charge on any atom is -0.315 e. The maximum absolute atomic E-state index is 6.01. The highest BCUT2D eigenvalue weighted by Gasteiger charge is 2.12. The second kappa shape index (κ2) is 4.34. The van der Waals surface area contributed by atoms with Gasteiger partial charge in [0, 0.05) is 25.9 Å². The molecule has 0 spiro atoms. The number of fused-ring (bicyclic) bond motifs is 1. The molecule has 0 aliphatic rings. The average molecular weight is 260 g/mol. The summed E-state index contributed by atoms with van der Waals surface area (Å²) < 4.78 is 1.93. The number of imidazole rings is 1. The molecule has 3 aromatic rings. The van der Waals surface area contributed by atoms with Crippen molar-refractivity contribution in [3.8, 4) is 0 Å². The van der Waals surface area contributed by atoms with E-state index in [9.17, 15) is 0 Å². The Hall–Kier alpha value is -2.01. The van der Waals surface area contributed by atoms with E-state index in [0.717, 1.165) is 17.0 Å². The first-order valence-electron chi connectivity index (χ1n) is 5.46. The Morgan fingerprint density at radius 3 is 2.72 bits per heavy atom. The highest BCUT2D eigenvalue weighted by Crippen LogP contribution is 2.20. The van der Waals surface area contributed by atoms with E-state index in [1.54, 1.807) is 12.4 Å². The molecule has 0 bridgehead atoms. The predicted octanol–water partition coefficient (Wildman–Crippen LogP) is 2.00. The molecule has 0 aromatic carbocycles. The molecule has 0 radical (unpaired) electrons. The third-order valence-electron chi connectivity index (χ3n) is 2.82. The highest BCUT2D eigenvalue weighted by atomic mass is 35.5. The highest BCUT2D eigenvalue weighted by molar-refractivity contribution is 6.33. The molecular formula is C12H10ClN5. The van der Waals surface area contributed by atoms with Gasteiger partial charge in [-0.2, -0.15) is 0 Å². The molecule has 0 atom stereocenters. The second-order valence-corrected chi connectivity index (χ2v) is 4.31. The van der Waals surface area contributed by atoms with Gasteiger partial charge < -0.3 is 4.57 Å². The molecule has 0 saturated heterocycles. The summed E-state index contributed by atoms with van der Waals surface area (Å²) in [6, 6.07) is 3.93. The first-order valence-corrected chi connectivity index (χ1v) is 5.84. The monoisotopic (exact) mass is 259 g/mol. The lowest BCUT2D eigenvalue weighted by molar-refractivity contribution is 0.834. The number of hydrogen-bond acceptors (Lipinski definition) is 4. The van der Waals surface area contributed by atoms with Crippen LogP contribution in [-0.2, 0) is 13.5 Å². The minimum absolute atomic E-state index is 0.386. The Morgan fingerprint density at radius 2 is 2.00 bits per heavy atom. The van der Waals surface area contributed by atoms with E-state index in [0.29, 0.717) is 17.1 Å². The molecule has 3 rings (SSSR count). The normalized spacial score (nSPS) is 11.0. The summed E-state index contributed by atoms with van der Waals surface area (Å²) in [4.78, 5) is 16.6. The second-order valence-electron chi connectivity index (χ2n) is 3.96. The van der Waals surface area contributed by atoms with E-state index >= 15 is 0 Å². The van der Waals surface area contributed by atoms with Crippen LogP contribution in [0.3, 0.4) is 0 Å². The van der Waals surface area contributed by atoms with Crippen LogP contribution in [0.2, 0.25) is 5.15 Å². The van der Waals surface area contributed by atoms with Gasteiger partial charge in [0.05, 0.1) is 0 Å². The van der Waals surface area contributed by atoms with E-state index in [1.807, 2.05) is 23.7 Å². The van der Waals surface area contributed by atoms with Crippen LogP contribution in [0.5, 0.6) is 0 Å². The van der Waals surface area contributed by atoms with Crippen LogP contribution >= 0.6 is 11.6 Å². The molecular weight excluding hydrogens is 250 g/mol. The smallest absolute Gasteiger partial charge is 0.164 e. The Bertz CT molecular complexity index is 692. The fourth-order valence-corrected chi connectivity index (χ4v) is 2.03. The van der Waals surface area contributed by atoms with Gasteiger partial charge in [-0.3, -0.25) is 4.98 Å². The Morgan fingerprint density at radius 1 is 1.22 bits per heavy atom. The quantitative estimate of drug-likeness (QED) is 0.661. The molecule has 5 nitrogen and oxygen atoms in total. The van der Waals surface area contributed by atoms with Crippen molar-refractivity contribution in [3.05, 3.63) is 47.4 Å². The maximum atomic E-state index is 6.01. The maximum Gasteiger partial charge on any atom is 0.164 e. The fraction of sp³-hybridized carbons (Fsp3) is 0.167. The van der Waals surface area contributed by atoms with Gasteiger partial charge in [0.15, 0.2) is 10.8 Å². The van der Waals surface area contributed by atoms with Crippen LogP contribution in [0, 0.1) is 0 Å². The topological polar surface area (TPSA) is 56.5 Å². The van der Waals surface area contributed by atoms with E-state index < -0.39 is 0 Å². The van der Waals surface area contributed by atoms with Gasteiger partial charge in [-0.15, -0.1) is 0 Å². The Kier molecular flexibility index (Phi) is 2.68. The Labute approximate surface area is 109 Å². The molecule has 3 aromatic heterocycles. The van der Waals surface area contributed by atoms with Crippen LogP contribution in [0.4, 0.5) is 0 Å². The van der Waals surface area contributed by atoms with Crippen LogP contribution in [0.1, 0.15) is 11.4 Å². The van der Waals surface area contributed by atoms with Crippen LogP contribution in [0.15, 0.2) is 30.9 Å². The third kappa shape index (κ3) is 1.82. The summed E-state index contributed by atoms with van der Waals surface area (Å²) in [5.41, 5.74) is 2.54. The van der Waals surface area contributed by atoms with Gasteiger partial charge in [-0.25, -0.2) is 15.0 Å². The van der Waals surface area contributed by atoms with Crippen molar-refractivity contribution < 1.29 is 0 Å². The standard InChI is InChI=1S/C12H10ClN5/c1-18-9(6-8-2-4-14-5-3-8)17-10-11(13)15-7-16-12(10)18/h2-5,7H,6H2,1H3. The molecule has 0 aliphatic heterocycles. The lowest BCUT2D eigenvalue weighted by Crippen LogP contribution is -1.99. The molecule has 0 fully saturated rings. The molecule has 6 heteroatoms. The minimum atomic E-state index is 0.386. The van der Waals surface area contributed by atoms with Crippen molar-refractivity contribution in [2.24, 2.45) is 7.05 Å². The number of pyridine rings is 1. The van der Waals surface area contributed by atoms with Gasteiger partial charge in [-0.05, 0) is 17.7 Å². The zero-order valence-corrected chi connectivity index (χ0v) is 10.5. The lowest BCUT2D eigenvalue weighted by Gasteiger charge is -2.01. The molecule has 18 heavy (non-hydrogen) atoms. The predicted molar refractivity (Wildman–Crippen MR) is 68.4 cm³/mol. The van der Waals surface area contributed by atoms with Gasteiger partial charge in [0.2, 0.25) is 0 Å². The van der Waals surface area contributed by atoms with Gasteiger partial charge in [-0.1, -0.05) is 11.6 Å². The van der Waals surface area contributed by atoms with Crippen molar-refractivity contribution >= 4 is 22.8 Å². The first kappa shape index (κ1) is 11.1. The fourth-order valence-electron chi connectivity index (χ4n) is 1.86. The lowest BCUT2D eigenvalue weighted by atomic mass is 10.2. The number of halogens is 1. The molecule has 0 unspecified atom stereocenters. The number of rotatable bonds is 2. The molecule has 0 N–H and O–H groups in total. The number of nitrogens with zero attached hydrogens (tertiary/aromatic N) is 5. The van der Waals surface area contributed by atoms with Gasteiger partial charge >= 0.3 is 0 Å². The molecule has 90 valence electrons. The molecule has 0 saturated carbocycles. The summed E-state index contributed by atoms with van der Waals surface area (Å²) in [6.45, 7) is 0. The number of aromatic nitrogens is 5. The van der Waals surface area contributed by atoms with Gasteiger partial charge in [0.25, 0.3) is 0 Å². The molecule has 0 amide bonds. The van der Waals surface area contributed by atoms with E-state index in [2.05, 4.69) is 19.9 Å². The van der Waals surface area contributed by atoms with Crippen molar-refractivity contribution in [2.75, 3.05) is 0 Å². The number of hydrogen-bond donors (Lipinski definition) is 0. The zero-order valence-electron chi connectivity index (χ0n) is 9.71. The summed E-state index contributed by atoms with van der Waals surface area (Å²) >= 11 is 6.01. The Balaban J connectivity index is 2.08. The SMILES string of the molecule is Cn1c(Cc2ccncc2)nc2c(Cl)ncnc21.